The second-order valence-electron chi connectivity index (χ2n) is 5.38. The number of Topliss-reactive ketones (excluding diaryl/α,β-unsaturated/α-hetero) is 1. The minimum atomic E-state index is -0.243. The first-order valence-electron chi connectivity index (χ1n) is 7.34. The van der Waals surface area contributed by atoms with Crippen molar-refractivity contribution in [2.75, 3.05) is 19.0 Å². The molecule has 0 radical (unpaired) electrons. The maximum atomic E-state index is 12.3. The molecule has 1 N–H and O–H groups in total. The van der Waals surface area contributed by atoms with E-state index in [4.69, 9.17) is 9.47 Å². The van der Waals surface area contributed by atoms with Crippen LogP contribution in [0.15, 0.2) is 42.5 Å². The molecule has 5 heteroatoms. The zero-order chi connectivity index (χ0) is 16.4. The van der Waals surface area contributed by atoms with E-state index in [0.29, 0.717) is 17.1 Å². The van der Waals surface area contributed by atoms with Gasteiger partial charge in [-0.05, 0) is 42.8 Å². The first kappa shape index (κ1) is 15.1. The molecule has 0 aromatic heterocycles. The SMILES string of the molecule is COc1ccccc1OCC(=O)c1ccc2c(c1)[C@@H](C)C(=O)N2. The molecule has 1 heterocycles. The number of carbonyl (C=O) groups is 2. The highest BCUT2D eigenvalue weighted by Crippen LogP contribution is 2.33. The Morgan fingerprint density at radius 3 is 2.65 bits per heavy atom. The van der Waals surface area contributed by atoms with Crippen LogP contribution in [0, 0.1) is 0 Å². The maximum Gasteiger partial charge on any atom is 0.231 e. The van der Waals surface area contributed by atoms with Crippen LogP contribution in [0.1, 0.15) is 28.8 Å². The highest BCUT2D eigenvalue weighted by molar-refractivity contribution is 6.05. The van der Waals surface area contributed by atoms with Gasteiger partial charge in [-0.15, -0.1) is 0 Å². The second kappa shape index (κ2) is 6.12. The zero-order valence-electron chi connectivity index (χ0n) is 13.0. The van der Waals surface area contributed by atoms with E-state index in [2.05, 4.69) is 5.32 Å². The van der Waals surface area contributed by atoms with E-state index in [1.54, 1.807) is 37.4 Å². The standard InChI is InChI=1S/C18H17NO4/c1-11-13-9-12(7-8-14(13)19-18(11)21)15(20)10-23-17-6-4-3-5-16(17)22-2/h3-9,11H,10H2,1-2H3,(H,19,21)/t11-/m1/s1. The summed E-state index contributed by atoms with van der Waals surface area (Å²) in [5.74, 6) is 0.667. The Morgan fingerprint density at radius 1 is 1.17 bits per heavy atom. The molecule has 1 aliphatic rings. The van der Waals surface area contributed by atoms with Gasteiger partial charge < -0.3 is 14.8 Å². The summed E-state index contributed by atoms with van der Waals surface area (Å²) in [4.78, 5) is 24.0. The number of hydrogen-bond acceptors (Lipinski definition) is 4. The van der Waals surface area contributed by atoms with Gasteiger partial charge in [0.2, 0.25) is 5.91 Å². The molecule has 5 nitrogen and oxygen atoms in total. The Labute approximate surface area is 134 Å². The van der Waals surface area contributed by atoms with Gasteiger partial charge >= 0.3 is 0 Å². The fourth-order valence-corrected chi connectivity index (χ4v) is 2.56. The van der Waals surface area contributed by atoms with Gasteiger partial charge in [-0.2, -0.15) is 0 Å². The van der Waals surface area contributed by atoms with Gasteiger partial charge in [0.25, 0.3) is 0 Å². The molecule has 1 aliphatic heterocycles. The van der Waals surface area contributed by atoms with Crippen molar-refractivity contribution in [2.24, 2.45) is 0 Å². The van der Waals surface area contributed by atoms with Gasteiger partial charge in [0.15, 0.2) is 23.9 Å². The fourth-order valence-electron chi connectivity index (χ4n) is 2.56. The summed E-state index contributed by atoms with van der Waals surface area (Å²) in [5, 5.41) is 2.79. The summed E-state index contributed by atoms with van der Waals surface area (Å²) in [5.41, 5.74) is 2.14. The van der Waals surface area contributed by atoms with E-state index in [1.165, 1.54) is 0 Å². The molecule has 1 amide bonds. The first-order chi connectivity index (χ1) is 11.1. The van der Waals surface area contributed by atoms with Crippen molar-refractivity contribution in [3.8, 4) is 11.5 Å². The van der Waals surface area contributed by atoms with Crippen molar-refractivity contribution in [2.45, 2.75) is 12.8 Å². The Balaban J connectivity index is 1.73. The largest absolute Gasteiger partial charge is 0.493 e. The smallest absolute Gasteiger partial charge is 0.231 e. The van der Waals surface area contributed by atoms with Crippen LogP contribution in [0.4, 0.5) is 5.69 Å². The van der Waals surface area contributed by atoms with Crippen molar-refractivity contribution in [3.63, 3.8) is 0 Å². The predicted octanol–water partition coefficient (Wildman–Crippen LogP) is 3.01. The van der Waals surface area contributed by atoms with E-state index < -0.39 is 0 Å². The van der Waals surface area contributed by atoms with Crippen LogP contribution in [0.2, 0.25) is 0 Å². The molecule has 2 aromatic rings. The van der Waals surface area contributed by atoms with Crippen molar-refractivity contribution in [3.05, 3.63) is 53.6 Å². The number of hydrogen-bond donors (Lipinski definition) is 1. The molecule has 2 aromatic carbocycles. The summed E-state index contributed by atoms with van der Waals surface area (Å²) < 4.78 is 10.7. The van der Waals surface area contributed by atoms with Crippen LogP contribution in [-0.2, 0) is 4.79 Å². The van der Waals surface area contributed by atoms with Gasteiger partial charge in [-0.25, -0.2) is 0 Å². The molecule has 0 bridgehead atoms. The molecular weight excluding hydrogens is 294 g/mol. The van der Waals surface area contributed by atoms with Crippen LogP contribution >= 0.6 is 0 Å². The molecule has 0 spiro atoms. The monoisotopic (exact) mass is 311 g/mol. The number of fused-ring (bicyclic) bond motifs is 1. The second-order valence-corrected chi connectivity index (χ2v) is 5.38. The number of carbonyl (C=O) groups excluding carboxylic acids is 2. The fraction of sp³-hybridized carbons (Fsp3) is 0.222. The molecule has 23 heavy (non-hydrogen) atoms. The Hall–Kier alpha value is -2.82. The van der Waals surface area contributed by atoms with Crippen LogP contribution < -0.4 is 14.8 Å². The van der Waals surface area contributed by atoms with E-state index in [9.17, 15) is 9.59 Å². The van der Waals surface area contributed by atoms with Crippen LogP contribution in [0.25, 0.3) is 0 Å². The van der Waals surface area contributed by atoms with Crippen molar-refractivity contribution < 1.29 is 19.1 Å². The molecule has 0 unspecified atom stereocenters. The third-order valence-corrected chi connectivity index (χ3v) is 3.92. The molecule has 0 saturated heterocycles. The third-order valence-electron chi connectivity index (χ3n) is 3.92. The Morgan fingerprint density at radius 2 is 1.91 bits per heavy atom. The molecule has 0 saturated carbocycles. The summed E-state index contributed by atoms with van der Waals surface area (Å²) in [6.45, 7) is 1.73. The quantitative estimate of drug-likeness (QED) is 0.862. The average Bonchev–Trinajstić information content (AvgIpc) is 2.87. The number of anilines is 1. The van der Waals surface area contributed by atoms with E-state index in [-0.39, 0.29) is 24.2 Å². The van der Waals surface area contributed by atoms with Gasteiger partial charge in [-0.1, -0.05) is 12.1 Å². The lowest BCUT2D eigenvalue weighted by Gasteiger charge is -2.10. The van der Waals surface area contributed by atoms with Gasteiger partial charge in [-0.3, -0.25) is 9.59 Å². The molecule has 3 rings (SSSR count). The highest BCUT2D eigenvalue weighted by atomic mass is 16.5. The van der Waals surface area contributed by atoms with Crippen LogP contribution in [0.5, 0.6) is 11.5 Å². The van der Waals surface area contributed by atoms with Gasteiger partial charge in [0.1, 0.15) is 0 Å². The molecule has 0 aliphatic carbocycles. The number of rotatable bonds is 5. The van der Waals surface area contributed by atoms with Crippen LogP contribution in [0.3, 0.4) is 0 Å². The summed E-state index contributed by atoms with van der Waals surface area (Å²) in [6.07, 6.45) is 0. The molecule has 0 fully saturated rings. The average molecular weight is 311 g/mol. The van der Waals surface area contributed by atoms with Crippen molar-refractivity contribution in [1.82, 2.24) is 0 Å². The Kier molecular flexibility index (Phi) is 4.02. The van der Waals surface area contributed by atoms with E-state index in [0.717, 1.165) is 11.3 Å². The molecular formula is C18H17NO4. The third kappa shape index (κ3) is 2.90. The number of amides is 1. The minimum Gasteiger partial charge on any atom is -0.493 e. The van der Waals surface area contributed by atoms with Gasteiger partial charge in [0, 0.05) is 11.3 Å². The number of benzene rings is 2. The number of ketones is 1. The minimum absolute atomic E-state index is 0.0464. The first-order valence-corrected chi connectivity index (χ1v) is 7.34. The summed E-state index contributed by atoms with van der Waals surface area (Å²) in [7, 11) is 1.55. The van der Waals surface area contributed by atoms with Gasteiger partial charge in [0.05, 0.1) is 13.0 Å². The number of ether oxygens (including phenoxy) is 2. The lowest BCUT2D eigenvalue weighted by molar-refractivity contribution is -0.116. The molecule has 118 valence electrons. The van der Waals surface area contributed by atoms with Crippen LogP contribution in [-0.4, -0.2) is 25.4 Å². The topological polar surface area (TPSA) is 64.6 Å². The number of nitrogens with one attached hydrogen (secondary N) is 1. The lowest BCUT2D eigenvalue weighted by atomic mass is 9.99. The number of para-hydroxylation sites is 2. The number of methoxy groups -OCH3 is 1. The van der Waals surface area contributed by atoms with E-state index >= 15 is 0 Å². The summed E-state index contributed by atoms with van der Waals surface area (Å²) >= 11 is 0. The summed E-state index contributed by atoms with van der Waals surface area (Å²) in [6, 6.07) is 12.4. The van der Waals surface area contributed by atoms with E-state index in [1.807, 2.05) is 19.1 Å². The maximum absolute atomic E-state index is 12.3. The lowest BCUT2D eigenvalue weighted by Crippen LogP contribution is -2.12. The zero-order valence-corrected chi connectivity index (χ0v) is 13.0. The highest BCUT2D eigenvalue weighted by Gasteiger charge is 2.27. The normalized spacial score (nSPS) is 15.7. The predicted molar refractivity (Wildman–Crippen MR) is 86.3 cm³/mol. The molecule has 1 atom stereocenters. The van der Waals surface area contributed by atoms with Crippen molar-refractivity contribution in [1.29, 1.82) is 0 Å². The van der Waals surface area contributed by atoms with Crippen molar-refractivity contribution >= 4 is 17.4 Å². The Bertz CT molecular complexity index is 769.